The molecule has 0 amide bonds. The highest BCUT2D eigenvalue weighted by Crippen LogP contribution is 2.49. The number of benzene rings is 2. The van der Waals surface area contributed by atoms with Crippen LogP contribution < -0.4 is 5.32 Å². The van der Waals surface area contributed by atoms with Crippen LogP contribution in [0.1, 0.15) is 35.1 Å². The Morgan fingerprint density at radius 2 is 1.96 bits per heavy atom. The van der Waals surface area contributed by atoms with Crippen molar-refractivity contribution in [2.75, 3.05) is 5.32 Å². The molecule has 4 rings (SSSR count). The molecule has 4 heteroatoms. The van der Waals surface area contributed by atoms with E-state index in [9.17, 15) is 10.1 Å². The molecular formula is C19H18N2O2. The fraction of sp³-hybridized carbons (Fsp3) is 0.263. The first-order chi connectivity index (χ1) is 11.1. The highest BCUT2D eigenvalue weighted by Gasteiger charge is 2.37. The summed E-state index contributed by atoms with van der Waals surface area (Å²) in [5.74, 6) is 0.888. The third kappa shape index (κ3) is 2.31. The van der Waals surface area contributed by atoms with Gasteiger partial charge < -0.3 is 5.32 Å². The van der Waals surface area contributed by atoms with E-state index in [1.165, 1.54) is 16.8 Å². The van der Waals surface area contributed by atoms with Crippen LogP contribution >= 0.6 is 0 Å². The Kier molecular flexibility index (Phi) is 3.18. The highest BCUT2D eigenvalue weighted by molar-refractivity contribution is 5.61. The number of anilines is 1. The number of nitro benzene ring substituents is 1. The summed E-state index contributed by atoms with van der Waals surface area (Å²) in [7, 11) is 0. The van der Waals surface area contributed by atoms with Gasteiger partial charge >= 0.3 is 0 Å². The van der Waals surface area contributed by atoms with Crippen LogP contribution in [0, 0.1) is 23.0 Å². The number of allylic oxidation sites excluding steroid dienone is 2. The molecule has 0 unspecified atom stereocenters. The molecule has 0 fully saturated rings. The summed E-state index contributed by atoms with van der Waals surface area (Å²) in [6.45, 7) is 2.10. The Hall–Kier alpha value is -2.62. The molecule has 1 N–H and O–H groups in total. The van der Waals surface area contributed by atoms with Crippen molar-refractivity contribution in [1.29, 1.82) is 0 Å². The van der Waals surface area contributed by atoms with E-state index in [0.29, 0.717) is 11.8 Å². The van der Waals surface area contributed by atoms with Gasteiger partial charge in [0, 0.05) is 23.7 Å². The van der Waals surface area contributed by atoms with Crippen LogP contribution in [0.2, 0.25) is 0 Å². The molecule has 4 nitrogen and oxygen atoms in total. The lowest BCUT2D eigenvalue weighted by atomic mass is 9.77. The van der Waals surface area contributed by atoms with Gasteiger partial charge in [0.25, 0.3) is 5.69 Å². The van der Waals surface area contributed by atoms with E-state index in [-0.39, 0.29) is 16.7 Å². The number of rotatable bonds is 2. The topological polar surface area (TPSA) is 55.2 Å². The molecule has 0 spiro atoms. The van der Waals surface area contributed by atoms with Crippen LogP contribution in [0.3, 0.4) is 0 Å². The second kappa shape index (κ2) is 5.23. The summed E-state index contributed by atoms with van der Waals surface area (Å²) in [6, 6.07) is 13.7. The zero-order valence-corrected chi connectivity index (χ0v) is 12.9. The summed E-state index contributed by atoms with van der Waals surface area (Å²) < 4.78 is 0. The average molecular weight is 306 g/mol. The number of aryl methyl sites for hydroxylation is 1. The van der Waals surface area contributed by atoms with Gasteiger partial charge in [-0.15, -0.1) is 0 Å². The fourth-order valence-corrected chi connectivity index (χ4v) is 3.84. The fourth-order valence-electron chi connectivity index (χ4n) is 3.84. The minimum absolute atomic E-state index is 0.141. The number of hydrogen-bond acceptors (Lipinski definition) is 3. The van der Waals surface area contributed by atoms with Crippen molar-refractivity contribution in [3.05, 3.63) is 81.4 Å². The zero-order valence-electron chi connectivity index (χ0n) is 12.9. The largest absolute Gasteiger partial charge is 0.378 e. The van der Waals surface area contributed by atoms with E-state index in [0.717, 1.165) is 12.0 Å². The van der Waals surface area contributed by atoms with E-state index in [1.807, 2.05) is 12.1 Å². The van der Waals surface area contributed by atoms with Crippen LogP contribution in [0.4, 0.5) is 11.4 Å². The third-order valence-electron chi connectivity index (χ3n) is 4.98. The van der Waals surface area contributed by atoms with Gasteiger partial charge in [-0.3, -0.25) is 10.1 Å². The Morgan fingerprint density at radius 3 is 2.70 bits per heavy atom. The maximum Gasteiger partial charge on any atom is 0.269 e. The van der Waals surface area contributed by atoms with Gasteiger partial charge in [-0.2, -0.15) is 0 Å². The van der Waals surface area contributed by atoms with E-state index in [1.54, 1.807) is 12.1 Å². The van der Waals surface area contributed by atoms with Crippen molar-refractivity contribution in [1.82, 2.24) is 0 Å². The van der Waals surface area contributed by atoms with Crippen molar-refractivity contribution in [3.8, 4) is 0 Å². The Bertz CT molecular complexity index is 796. The minimum Gasteiger partial charge on any atom is -0.378 e. The highest BCUT2D eigenvalue weighted by atomic mass is 16.6. The van der Waals surface area contributed by atoms with Crippen molar-refractivity contribution in [2.45, 2.75) is 25.3 Å². The molecule has 2 aromatic carbocycles. The smallest absolute Gasteiger partial charge is 0.269 e. The maximum atomic E-state index is 10.9. The summed E-state index contributed by atoms with van der Waals surface area (Å²) in [6.07, 6.45) is 5.59. The number of non-ortho nitro benzene ring substituents is 1. The number of hydrogen-bond donors (Lipinski definition) is 1. The van der Waals surface area contributed by atoms with Crippen LogP contribution in [0.5, 0.6) is 0 Å². The lowest BCUT2D eigenvalue weighted by Gasteiger charge is -2.37. The molecule has 1 aliphatic carbocycles. The van der Waals surface area contributed by atoms with Crippen LogP contribution in [-0.4, -0.2) is 4.92 Å². The van der Waals surface area contributed by atoms with Crippen molar-refractivity contribution in [3.63, 3.8) is 0 Å². The summed E-state index contributed by atoms with van der Waals surface area (Å²) in [5, 5.41) is 14.5. The monoisotopic (exact) mass is 306 g/mol. The number of nitrogens with zero attached hydrogens (tertiary/aromatic N) is 1. The summed E-state index contributed by atoms with van der Waals surface area (Å²) in [5.41, 5.74) is 5.02. The molecule has 0 bridgehead atoms. The second-order valence-corrected chi connectivity index (χ2v) is 6.41. The average Bonchev–Trinajstić information content (AvgIpc) is 3.03. The molecule has 0 saturated carbocycles. The van der Waals surface area contributed by atoms with E-state index in [4.69, 9.17) is 0 Å². The van der Waals surface area contributed by atoms with E-state index in [2.05, 4.69) is 42.6 Å². The van der Waals surface area contributed by atoms with Gasteiger partial charge in [0.1, 0.15) is 0 Å². The standard InChI is InChI=1S/C19H18N2O2/c1-12-5-10-16-15-3-2-4-17(15)19(20-18(16)11-12)13-6-8-14(9-7-13)21(22)23/h2-3,5-11,15,17,19-20H,4H2,1H3/t15-,17+,19-/m0/s1. The van der Waals surface area contributed by atoms with Gasteiger partial charge in [0.15, 0.2) is 0 Å². The lowest BCUT2D eigenvalue weighted by molar-refractivity contribution is -0.384. The van der Waals surface area contributed by atoms with Crippen LogP contribution in [0.15, 0.2) is 54.6 Å². The first-order valence-corrected chi connectivity index (χ1v) is 7.91. The quantitative estimate of drug-likeness (QED) is 0.496. The Balaban J connectivity index is 1.73. The van der Waals surface area contributed by atoms with Gasteiger partial charge in [-0.05, 0) is 42.0 Å². The summed E-state index contributed by atoms with van der Waals surface area (Å²) >= 11 is 0. The SMILES string of the molecule is Cc1ccc2c(c1)N[C@@H](c1ccc([N+](=O)[O-])cc1)[C@@H]1CC=C[C@@H]21. The van der Waals surface area contributed by atoms with Crippen LogP contribution in [-0.2, 0) is 0 Å². The molecule has 1 aliphatic heterocycles. The zero-order chi connectivity index (χ0) is 16.0. The minimum atomic E-state index is -0.351. The molecule has 2 aliphatic rings. The normalized spacial score (nSPS) is 24.7. The second-order valence-electron chi connectivity index (χ2n) is 6.41. The Morgan fingerprint density at radius 1 is 1.17 bits per heavy atom. The molecule has 1 heterocycles. The molecule has 0 aromatic heterocycles. The predicted octanol–water partition coefficient (Wildman–Crippen LogP) is 4.73. The van der Waals surface area contributed by atoms with Gasteiger partial charge in [0.2, 0.25) is 0 Å². The Labute approximate surface area is 135 Å². The summed E-state index contributed by atoms with van der Waals surface area (Å²) in [4.78, 5) is 10.5. The molecule has 116 valence electrons. The number of fused-ring (bicyclic) bond motifs is 3. The maximum absolute atomic E-state index is 10.9. The van der Waals surface area contributed by atoms with Gasteiger partial charge in [-0.1, -0.05) is 36.4 Å². The predicted molar refractivity (Wildman–Crippen MR) is 90.6 cm³/mol. The van der Waals surface area contributed by atoms with Crippen molar-refractivity contribution in [2.24, 2.45) is 5.92 Å². The molecule has 0 saturated heterocycles. The van der Waals surface area contributed by atoms with Crippen LogP contribution in [0.25, 0.3) is 0 Å². The van der Waals surface area contributed by atoms with Gasteiger partial charge in [-0.25, -0.2) is 0 Å². The number of nitro groups is 1. The number of nitrogens with one attached hydrogen (secondary N) is 1. The van der Waals surface area contributed by atoms with Crippen molar-refractivity contribution < 1.29 is 4.92 Å². The molecule has 3 atom stereocenters. The molecular weight excluding hydrogens is 288 g/mol. The first kappa shape index (κ1) is 14.0. The van der Waals surface area contributed by atoms with E-state index >= 15 is 0 Å². The molecule has 0 radical (unpaired) electrons. The first-order valence-electron chi connectivity index (χ1n) is 7.91. The van der Waals surface area contributed by atoms with Gasteiger partial charge in [0.05, 0.1) is 11.0 Å². The molecule has 23 heavy (non-hydrogen) atoms. The van der Waals surface area contributed by atoms with E-state index < -0.39 is 0 Å². The lowest BCUT2D eigenvalue weighted by Crippen LogP contribution is -2.29. The third-order valence-corrected chi connectivity index (χ3v) is 4.98. The molecule has 2 aromatic rings. The van der Waals surface area contributed by atoms with Crippen molar-refractivity contribution >= 4 is 11.4 Å².